The Labute approximate surface area is 177 Å². The fraction of sp³-hybridized carbons (Fsp3) is 0.238. The van der Waals surface area contributed by atoms with E-state index >= 15 is 0 Å². The molecule has 0 bridgehead atoms. The predicted octanol–water partition coefficient (Wildman–Crippen LogP) is 3.40. The summed E-state index contributed by atoms with van der Waals surface area (Å²) in [6.07, 6.45) is -2.89. The van der Waals surface area contributed by atoms with Gasteiger partial charge in [0, 0.05) is 43.3 Å². The van der Waals surface area contributed by atoms with Gasteiger partial charge in [0.2, 0.25) is 10.0 Å². The topological polar surface area (TPSA) is 70.6 Å². The van der Waals surface area contributed by atoms with Gasteiger partial charge in [-0.25, -0.2) is 8.42 Å². The van der Waals surface area contributed by atoms with Crippen LogP contribution in [-0.2, 0) is 16.2 Å². The SMILES string of the molecule is O=C(c1ccc2cccnc2c1)N1CCN(S(=O)(=O)c2ccc(C(F)(F)F)cc2)CC1. The predicted molar refractivity (Wildman–Crippen MR) is 108 cm³/mol. The molecule has 6 nitrogen and oxygen atoms in total. The van der Waals surface area contributed by atoms with Crippen LogP contribution in [0.4, 0.5) is 13.2 Å². The van der Waals surface area contributed by atoms with Crippen LogP contribution in [-0.4, -0.2) is 54.7 Å². The Kier molecular flexibility index (Phi) is 5.44. The van der Waals surface area contributed by atoms with Crippen LogP contribution in [0.1, 0.15) is 15.9 Å². The quantitative estimate of drug-likeness (QED) is 0.615. The first-order valence-electron chi connectivity index (χ1n) is 9.48. The highest BCUT2D eigenvalue weighted by Gasteiger charge is 2.33. The molecule has 1 aliphatic rings. The van der Waals surface area contributed by atoms with Gasteiger partial charge < -0.3 is 4.90 Å². The lowest BCUT2D eigenvalue weighted by Crippen LogP contribution is -2.50. The van der Waals surface area contributed by atoms with E-state index in [1.807, 2.05) is 6.07 Å². The Hall–Kier alpha value is -2.98. The van der Waals surface area contributed by atoms with E-state index in [0.717, 1.165) is 29.7 Å². The van der Waals surface area contributed by atoms with Crippen molar-refractivity contribution in [3.8, 4) is 0 Å². The number of pyridine rings is 1. The van der Waals surface area contributed by atoms with Gasteiger partial charge in [0.05, 0.1) is 16.0 Å². The molecule has 0 atom stereocenters. The molecule has 1 aliphatic heterocycles. The third kappa shape index (κ3) is 4.26. The van der Waals surface area contributed by atoms with E-state index in [4.69, 9.17) is 0 Å². The zero-order chi connectivity index (χ0) is 22.2. The van der Waals surface area contributed by atoms with Crippen molar-refractivity contribution in [2.24, 2.45) is 0 Å². The molecule has 0 aliphatic carbocycles. The molecule has 1 saturated heterocycles. The largest absolute Gasteiger partial charge is 0.416 e. The highest BCUT2D eigenvalue weighted by molar-refractivity contribution is 7.89. The molecule has 2 aromatic carbocycles. The number of hydrogen-bond acceptors (Lipinski definition) is 4. The van der Waals surface area contributed by atoms with E-state index in [0.29, 0.717) is 11.1 Å². The smallest absolute Gasteiger partial charge is 0.336 e. The Morgan fingerprint density at radius 2 is 1.61 bits per heavy atom. The summed E-state index contributed by atoms with van der Waals surface area (Å²) >= 11 is 0. The number of aromatic nitrogens is 1. The molecule has 162 valence electrons. The number of piperazine rings is 1. The molecule has 4 rings (SSSR count). The first-order valence-corrected chi connectivity index (χ1v) is 10.9. The van der Waals surface area contributed by atoms with Crippen molar-refractivity contribution in [3.05, 3.63) is 71.9 Å². The van der Waals surface area contributed by atoms with Gasteiger partial charge in [0.15, 0.2) is 0 Å². The van der Waals surface area contributed by atoms with Gasteiger partial charge >= 0.3 is 6.18 Å². The van der Waals surface area contributed by atoms with E-state index in [1.54, 1.807) is 35.4 Å². The number of halogens is 3. The van der Waals surface area contributed by atoms with E-state index in [9.17, 15) is 26.4 Å². The lowest BCUT2D eigenvalue weighted by molar-refractivity contribution is -0.137. The van der Waals surface area contributed by atoms with Crippen molar-refractivity contribution in [3.63, 3.8) is 0 Å². The summed E-state index contributed by atoms with van der Waals surface area (Å²) in [5.74, 6) is -0.223. The Morgan fingerprint density at radius 1 is 0.935 bits per heavy atom. The van der Waals surface area contributed by atoms with Crippen molar-refractivity contribution < 1.29 is 26.4 Å². The number of sulfonamides is 1. The van der Waals surface area contributed by atoms with Crippen LogP contribution in [0.5, 0.6) is 0 Å². The number of nitrogens with zero attached hydrogens (tertiary/aromatic N) is 3. The molecular weight excluding hydrogens is 431 g/mol. The summed E-state index contributed by atoms with van der Waals surface area (Å²) in [5, 5.41) is 0.909. The van der Waals surface area contributed by atoms with Crippen LogP contribution in [0, 0.1) is 0 Å². The fourth-order valence-corrected chi connectivity index (χ4v) is 4.90. The number of amides is 1. The summed E-state index contributed by atoms with van der Waals surface area (Å²) in [5.41, 5.74) is 0.244. The first-order chi connectivity index (χ1) is 14.7. The number of carbonyl (C=O) groups is 1. The number of fused-ring (bicyclic) bond motifs is 1. The second kappa shape index (κ2) is 7.93. The molecule has 10 heteroatoms. The maximum absolute atomic E-state index is 12.8. The van der Waals surface area contributed by atoms with Crippen molar-refractivity contribution in [1.29, 1.82) is 0 Å². The van der Waals surface area contributed by atoms with Gasteiger partial charge in [-0.3, -0.25) is 9.78 Å². The molecule has 0 saturated carbocycles. The van der Waals surface area contributed by atoms with Crippen molar-refractivity contribution in [2.45, 2.75) is 11.1 Å². The van der Waals surface area contributed by atoms with Gasteiger partial charge in [-0.15, -0.1) is 0 Å². The molecular formula is C21H18F3N3O3S. The van der Waals surface area contributed by atoms with E-state index in [-0.39, 0.29) is 37.0 Å². The number of alkyl halides is 3. The van der Waals surface area contributed by atoms with Crippen LogP contribution in [0.25, 0.3) is 10.9 Å². The van der Waals surface area contributed by atoms with Gasteiger partial charge in [0.1, 0.15) is 0 Å². The van der Waals surface area contributed by atoms with Crippen molar-refractivity contribution >= 4 is 26.8 Å². The van der Waals surface area contributed by atoms with Gasteiger partial charge in [-0.05, 0) is 42.5 Å². The Morgan fingerprint density at radius 3 is 2.26 bits per heavy atom. The summed E-state index contributed by atoms with van der Waals surface area (Å²) < 4.78 is 64.9. The molecule has 0 spiro atoms. The van der Waals surface area contributed by atoms with E-state index in [2.05, 4.69) is 4.98 Å². The van der Waals surface area contributed by atoms with E-state index < -0.39 is 21.8 Å². The Bertz CT molecular complexity index is 1220. The minimum Gasteiger partial charge on any atom is -0.336 e. The van der Waals surface area contributed by atoms with Gasteiger partial charge in [-0.2, -0.15) is 17.5 Å². The van der Waals surface area contributed by atoms with Crippen LogP contribution in [0.3, 0.4) is 0 Å². The molecule has 2 heterocycles. The molecule has 0 radical (unpaired) electrons. The Balaban J connectivity index is 1.45. The molecule has 1 fully saturated rings. The minimum atomic E-state index is -4.54. The third-order valence-electron chi connectivity index (χ3n) is 5.20. The summed E-state index contributed by atoms with van der Waals surface area (Å²) in [7, 11) is -3.95. The fourth-order valence-electron chi connectivity index (χ4n) is 3.48. The minimum absolute atomic E-state index is 0.0565. The highest BCUT2D eigenvalue weighted by Crippen LogP contribution is 2.30. The molecule has 0 N–H and O–H groups in total. The normalized spacial score (nSPS) is 15.9. The second-order valence-corrected chi connectivity index (χ2v) is 9.07. The average Bonchev–Trinajstić information content (AvgIpc) is 2.78. The lowest BCUT2D eigenvalue weighted by Gasteiger charge is -2.34. The molecule has 1 aromatic heterocycles. The maximum atomic E-state index is 12.8. The molecule has 3 aromatic rings. The van der Waals surface area contributed by atoms with Gasteiger partial charge in [0.25, 0.3) is 5.91 Å². The monoisotopic (exact) mass is 449 g/mol. The van der Waals surface area contributed by atoms with Gasteiger partial charge in [-0.1, -0.05) is 12.1 Å². The first kappa shape index (κ1) is 21.3. The molecule has 1 amide bonds. The number of benzene rings is 2. The molecule has 0 unspecified atom stereocenters. The van der Waals surface area contributed by atoms with Crippen LogP contribution < -0.4 is 0 Å². The zero-order valence-electron chi connectivity index (χ0n) is 16.2. The number of rotatable bonds is 3. The summed E-state index contributed by atoms with van der Waals surface area (Å²) in [4.78, 5) is 18.4. The highest BCUT2D eigenvalue weighted by atomic mass is 32.2. The number of hydrogen-bond donors (Lipinski definition) is 0. The maximum Gasteiger partial charge on any atom is 0.416 e. The average molecular weight is 449 g/mol. The third-order valence-corrected chi connectivity index (χ3v) is 7.11. The summed E-state index contributed by atoms with van der Waals surface area (Å²) in [6.45, 7) is 0.472. The second-order valence-electron chi connectivity index (χ2n) is 7.13. The van der Waals surface area contributed by atoms with Crippen LogP contribution in [0.2, 0.25) is 0 Å². The van der Waals surface area contributed by atoms with Crippen LogP contribution in [0.15, 0.2) is 65.7 Å². The van der Waals surface area contributed by atoms with Crippen molar-refractivity contribution in [2.75, 3.05) is 26.2 Å². The van der Waals surface area contributed by atoms with Crippen LogP contribution >= 0.6 is 0 Å². The number of carbonyl (C=O) groups excluding carboxylic acids is 1. The zero-order valence-corrected chi connectivity index (χ0v) is 17.0. The molecule has 31 heavy (non-hydrogen) atoms. The summed E-state index contributed by atoms with van der Waals surface area (Å²) in [6, 6.07) is 12.3. The van der Waals surface area contributed by atoms with E-state index in [1.165, 1.54) is 4.31 Å². The van der Waals surface area contributed by atoms with Crippen molar-refractivity contribution in [1.82, 2.24) is 14.2 Å². The standard InChI is InChI=1S/C21H18F3N3O3S/c22-21(23,24)17-5-7-18(8-6-17)31(29,30)27-12-10-26(11-13-27)20(28)16-4-3-15-2-1-9-25-19(15)14-16/h1-9,14H,10-13H2. The lowest BCUT2D eigenvalue weighted by atomic mass is 10.1.